The van der Waals surface area contributed by atoms with Crippen molar-refractivity contribution in [3.05, 3.63) is 35.9 Å². The van der Waals surface area contributed by atoms with E-state index in [1.807, 2.05) is 39.0 Å². The average molecular weight is 292 g/mol. The van der Waals surface area contributed by atoms with Gasteiger partial charge in [0.15, 0.2) is 0 Å². The highest BCUT2D eigenvalue weighted by Gasteiger charge is 2.27. The zero-order valence-corrected chi connectivity index (χ0v) is 13.8. The molecule has 0 spiro atoms. The van der Waals surface area contributed by atoms with Crippen molar-refractivity contribution in [3.8, 4) is 0 Å². The molecule has 4 nitrogen and oxygen atoms in total. The molecule has 1 aromatic rings. The molecule has 1 rings (SSSR count). The summed E-state index contributed by atoms with van der Waals surface area (Å²) in [6.45, 7) is 9.79. The standard InChI is InChI=1S/C17H28N2O2/c1-6-17(7-2,13-14-11-9-8-10-12-14)19-18-15(20)21-16(3,4)5/h8-12,19H,6-7,13H2,1-5H3,(H,18,20). The Morgan fingerprint density at radius 2 is 1.67 bits per heavy atom. The van der Waals surface area contributed by atoms with E-state index in [2.05, 4.69) is 36.8 Å². The highest BCUT2D eigenvalue weighted by Crippen LogP contribution is 2.20. The number of hydrogen-bond donors (Lipinski definition) is 2. The van der Waals surface area contributed by atoms with Gasteiger partial charge in [-0.2, -0.15) is 0 Å². The Balaban J connectivity index is 2.66. The lowest BCUT2D eigenvalue weighted by Crippen LogP contribution is -2.55. The second-order valence-electron chi connectivity index (χ2n) is 6.40. The first kappa shape index (κ1) is 17.5. The summed E-state index contributed by atoms with van der Waals surface area (Å²) in [5, 5.41) is 0. The molecule has 0 aromatic heterocycles. The number of hydrogen-bond acceptors (Lipinski definition) is 3. The van der Waals surface area contributed by atoms with Gasteiger partial charge in [0.2, 0.25) is 0 Å². The molecule has 118 valence electrons. The fraction of sp³-hybridized carbons (Fsp3) is 0.588. The molecular weight excluding hydrogens is 264 g/mol. The monoisotopic (exact) mass is 292 g/mol. The van der Waals surface area contributed by atoms with E-state index in [9.17, 15) is 4.79 Å². The molecule has 1 amide bonds. The average Bonchev–Trinajstić information content (AvgIpc) is 2.43. The Hall–Kier alpha value is -1.55. The largest absolute Gasteiger partial charge is 0.443 e. The van der Waals surface area contributed by atoms with Gasteiger partial charge < -0.3 is 4.74 Å². The molecule has 0 atom stereocenters. The van der Waals surface area contributed by atoms with Crippen LogP contribution in [-0.2, 0) is 11.2 Å². The quantitative estimate of drug-likeness (QED) is 0.784. The predicted molar refractivity (Wildman–Crippen MR) is 86.0 cm³/mol. The van der Waals surface area contributed by atoms with Crippen LogP contribution >= 0.6 is 0 Å². The lowest BCUT2D eigenvalue weighted by atomic mass is 9.86. The number of hydrazine groups is 1. The molecule has 0 radical (unpaired) electrons. The van der Waals surface area contributed by atoms with Crippen LogP contribution in [-0.4, -0.2) is 17.2 Å². The van der Waals surface area contributed by atoms with Crippen LogP contribution in [0.4, 0.5) is 4.79 Å². The first-order valence-electron chi connectivity index (χ1n) is 7.60. The van der Waals surface area contributed by atoms with Crippen molar-refractivity contribution in [3.63, 3.8) is 0 Å². The Kier molecular flexibility index (Phi) is 6.21. The summed E-state index contributed by atoms with van der Waals surface area (Å²) >= 11 is 0. The Bertz CT molecular complexity index is 434. The van der Waals surface area contributed by atoms with Crippen LogP contribution in [0.15, 0.2) is 30.3 Å². The van der Waals surface area contributed by atoms with Gasteiger partial charge in [-0.1, -0.05) is 44.2 Å². The number of rotatable bonds is 6. The third kappa shape index (κ3) is 6.17. The van der Waals surface area contributed by atoms with Gasteiger partial charge in [0.05, 0.1) is 0 Å². The summed E-state index contributed by atoms with van der Waals surface area (Å²) in [4.78, 5) is 11.8. The molecule has 0 saturated carbocycles. The normalized spacial score (nSPS) is 12.0. The number of nitrogens with one attached hydrogen (secondary N) is 2. The van der Waals surface area contributed by atoms with Gasteiger partial charge in [-0.25, -0.2) is 10.2 Å². The van der Waals surface area contributed by atoms with Gasteiger partial charge in [0.1, 0.15) is 5.60 Å². The number of amides is 1. The number of ether oxygens (including phenoxy) is 1. The minimum Gasteiger partial charge on any atom is -0.443 e. The Labute approximate surface area is 128 Å². The van der Waals surface area contributed by atoms with E-state index in [1.54, 1.807) is 0 Å². The molecule has 0 aliphatic heterocycles. The number of carbonyl (C=O) groups excluding carboxylic acids is 1. The molecular formula is C17H28N2O2. The van der Waals surface area contributed by atoms with Crippen molar-refractivity contribution in [1.29, 1.82) is 0 Å². The van der Waals surface area contributed by atoms with Gasteiger partial charge >= 0.3 is 6.09 Å². The van der Waals surface area contributed by atoms with Crippen molar-refractivity contribution in [1.82, 2.24) is 10.9 Å². The maximum atomic E-state index is 11.8. The van der Waals surface area contributed by atoms with Gasteiger partial charge in [-0.3, -0.25) is 5.43 Å². The van der Waals surface area contributed by atoms with Crippen molar-refractivity contribution in [2.75, 3.05) is 0 Å². The molecule has 0 aliphatic rings. The van der Waals surface area contributed by atoms with Crippen LogP contribution in [0.1, 0.15) is 53.0 Å². The molecule has 4 heteroatoms. The van der Waals surface area contributed by atoms with E-state index in [4.69, 9.17) is 4.74 Å². The molecule has 0 heterocycles. The van der Waals surface area contributed by atoms with Crippen LogP contribution < -0.4 is 10.9 Å². The molecule has 0 unspecified atom stereocenters. The molecule has 0 aliphatic carbocycles. The van der Waals surface area contributed by atoms with Crippen LogP contribution in [0.3, 0.4) is 0 Å². The van der Waals surface area contributed by atoms with Crippen LogP contribution in [0.2, 0.25) is 0 Å². The van der Waals surface area contributed by atoms with E-state index in [0.717, 1.165) is 19.3 Å². The summed E-state index contributed by atoms with van der Waals surface area (Å²) in [5.74, 6) is 0. The van der Waals surface area contributed by atoms with Crippen molar-refractivity contribution < 1.29 is 9.53 Å². The maximum absolute atomic E-state index is 11.8. The SMILES string of the molecule is CCC(CC)(Cc1ccccc1)NNC(=O)OC(C)(C)C. The van der Waals surface area contributed by atoms with E-state index in [0.29, 0.717) is 0 Å². The maximum Gasteiger partial charge on any atom is 0.422 e. The summed E-state index contributed by atoms with van der Waals surface area (Å²) in [6.07, 6.45) is 2.24. The van der Waals surface area contributed by atoms with Crippen LogP contribution in [0.25, 0.3) is 0 Å². The molecule has 21 heavy (non-hydrogen) atoms. The fourth-order valence-electron chi connectivity index (χ4n) is 2.19. The second kappa shape index (κ2) is 7.46. The lowest BCUT2D eigenvalue weighted by molar-refractivity contribution is 0.0458. The summed E-state index contributed by atoms with van der Waals surface area (Å²) in [7, 11) is 0. The summed E-state index contributed by atoms with van der Waals surface area (Å²) in [6, 6.07) is 10.3. The molecule has 0 bridgehead atoms. The van der Waals surface area contributed by atoms with Gasteiger partial charge in [0.25, 0.3) is 0 Å². The minimum absolute atomic E-state index is 0.168. The zero-order chi connectivity index (χ0) is 15.9. The van der Waals surface area contributed by atoms with Crippen LogP contribution in [0, 0.1) is 0 Å². The smallest absolute Gasteiger partial charge is 0.422 e. The van der Waals surface area contributed by atoms with Gasteiger partial charge in [-0.15, -0.1) is 0 Å². The number of carbonyl (C=O) groups is 1. The van der Waals surface area contributed by atoms with Gasteiger partial charge in [-0.05, 0) is 45.6 Å². The Morgan fingerprint density at radius 1 is 1.10 bits per heavy atom. The molecule has 0 fully saturated rings. The first-order valence-corrected chi connectivity index (χ1v) is 7.60. The van der Waals surface area contributed by atoms with Crippen LogP contribution in [0.5, 0.6) is 0 Å². The Morgan fingerprint density at radius 3 is 2.14 bits per heavy atom. The van der Waals surface area contributed by atoms with E-state index in [1.165, 1.54) is 5.56 Å². The lowest BCUT2D eigenvalue weighted by Gasteiger charge is -2.33. The third-order valence-corrected chi connectivity index (χ3v) is 3.57. The number of benzene rings is 1. The first-order chi connectivity index (χ1) is 9.80. The highest BCUT2D eigenvalue weighted by molar-refractivity contribution is 5.67. The van der Waals surface area contributed by atoms with Crippen molar-refractivity contribution in [2.24, 2.45) is 0 Å². The van der Waals surface area contributed by atoms with E-state index >= 15 is 0 Å². The minimum atomic E-state index is -0.494. The van der Waals surface area contributed by atoms with Gasteiger partial charge in [0, 0.05) is 5.54 Å². The predicted octanol–water partition coefficient (Wildman–Crippen LogP) is 3.82. The summed E-state index contributed by atoms with van der Waals surface area (Å²) in [5.41, 5.74) is 6.46. The zero-order valence-electron chi connectivity index (χ0n) is 13.8. The highest BCUT2D eigenvalue weighted by atomic mass is 16.6. The summed E-state index contributed by atoms with van der Waals surface area (Å²) < 4.78 is 5.26. The topological polar surface area (TPSA) is 50.4 Å². The molecule has 0 saturated heterocycles. The van der Waals surface area contributed by atoms with Crippen molar-refractivity contribution in [2.45, 2.75) is 65.0 Å². The molecule has 1 aromatic carbocycles. The third-order valence-electron chi connectivity index (χ3n) is 3.57. The molecule has 2 N–H and O–H groups in total. The van der Waals surface area contributed by atoms with E-state index < -0.39 is 11.7 Å². The fourth-order valence-corrected chi connectivity index (χ4v) is 2.19. The van der Waals surface area contributed by atoms with E-state index in [-0.39, 0.29) is 5.54 Å². The van der Waals surface area contributed by atoms with Crippen molar-refractivity contribution >= 4 is 6.09 Å². The second-order valence-corrected chi connectivity index (χ2v) is 6.40.